The number of carbonyl (C=O) groups is 2. The fraction of sp³-hybridized carbons (Fsp3) is 0.467. The van der Waals surface area contributed by atoms with Crippen LogP contribution in [0.5, 0.6) is 11.5 Å². The van der Waals surface area contributed by atoms with E-state index in [1.807, 2.05) is 0 Å². The maximum Gasteiger partial charge on any atom is 0.254 e. The standard InChI is InChI=1S/C15H19N3O4/c1-10(16)14(19)17-4-6-18(7-5-17)15(20)11-2-3-12-13(8-11)22-9-21-12/h2-3,8,10H,4-7,9,16H2,1H3/t10-/m1/s1. The van der Waals surface area contributed by atoms with E-state index in [0.29, 0.717) is 43.2 Å². The molecule has 0 aliphatic carbocycles. The van der Waals surface area contributed by atoms with E-state index in [1.165, 1.54) is 0 Å². The molecule has 7 nitrogen and oxygen atoms in total. The Bertz CT molecular complexity index is 594. The van der Waals surface area contributed by atoms with Crippen molar-refractivity contribution in [1.82, 2.24) is 9.80 Å². The molecular formula is C15H19N3O4. The Morgan fingerprint density at radius 2 is 1.73 bits per heavy atom. The number of fused-ring (bicyclic) bond motifs is 1. The Labute approximate surface area is 128 Å². The Hall–Kier alpha value is -2.28. The first-order valence-corrected chi connectivity index (χ1v) is 7.29. The van der Waals surface area contributed by atoms with Gasteiger partial charge in [-0.05, 0) is 25.1 Å². The van der Waals surface area contributed by atoms with Gasteiger partial charge in [0.25, 0.3) is 5.91 Å². The highest BCUT2D eigenvalue weighted by molar-refractivity contribution is 5.95. The highest BCUT2D eigenvalue weighted by Gasteiger charge is 2.27. The smallest absolute Gasteiger partial charge is 0.254 e. The molecule has 3 rings (SSSR count). The van der Waals surface area contributed by atoms with E-state index >= 15 is 0 Å². The Morgan fingerprint density at radius 3 is 2.41 bits per heavy atom. The van der Waals surface area contributed by atoms with Crippen LogP contribution in [0.15, 0.2) is 18.2 Å². The van der Waals surface area contributed by atoms with Crippen LogP contribution in [0.1, 0.15) is 17.3 Å². The summed E-state index contributed by atoms with van der Waals surface area (Å²) in [5.41, 5.74) is 6.17. The zero-order valence-electron chi connectivity index (χ0n) is 12.4. The summed E-state index contributed by atoms with van der Waals surface area (Å²) in [5.74, 6) is 1.11. The van der Waals surface area contributed by atoms with Gasteiger partial charge in [0, 0.05) is 31.7 Å². The fourth-order valence-corrected chi connectivity index (χ4v) is 2.63. The number of piperazine rings is 1. The molecule has 0 aromatic heterocycles. The Morgan fingerprint density at radius 1 is 1.09 bits per heavy atom. The van der Waals surface area contributed by atoms with Crippen LogP contribution in [-0.4, -0.2) is 60.6 Å². The van der Waals surface area contributed by atoms with E-state index in [1.54, 1.807) is 34.9 Å². The third-order valence-corrected chi connectivity index (χ3v) is 3.89. The van der Waals surface area contributed by atoms with Crippen molar-refractivity contribution in [3.8, 4) is 11.5 Å². The minimum Gasteiger partial charge on any atom is -0.454 e. The minimum absolute atomic E-state index is 0.0637. The molecule has 2 aliphatic heterocycles. The van der Waals surface area contributed by atoms with E-state index < -0.39 is 6.04 Å². The van der Waals surface area contributed by atoms with Crippen molar-refractivity contribution in [3.63, 3.8) is 0 Å². The number of nitrogens with two attached hydrogens (primary N) is 1. The molecule has 1 fully saturated rings. The first-order chi connectivity index (χ1) is 10.6. The molecule has 2 amide bonds. The van der Waals surface area contributed by atoms with Crippen molar-refractivity contribution in [2.45, 2.75) is 13.0 Å². The first-order valence-electron chi connectivity index (χ1n) is 7.29. The van der Waals surface area contributed by atoms with Crippen molar-refractivity contribution in [2.75, 3.05) is 33.0 Å². The van der Waals surface area contributed by atoms with Crippen LogP contribution in [-0.2, 0) is 4.79 Å². The van der Waals surface area contributed by atoms with Crippen LogP contribution in [0.4, 0.5) is 0 Å². The topological polar surface area (TPSA) is 85.1 Å². The number of rotatable bonds is 2. The summed E-state index contributed by atoms with van der Waals surface area (Å²) < 4.78 is 10.5. The Kier molecular flexibility index (Phi) is 3.89. The molecule has 1 aromatic rings. The molecule has 22 heavy (non-hydrogen) atoms. The summed E-state index contributed by atoms with van der Waals surface area (Å²) in [5, 5.41) is 0. The van der Waals surface area contributed by atoms with Crippen LogP contribution in [0, 0.1) is 0 Å². The van der Waals surface area contributed by atoms with E-state index in [0.717, 1.165) is 0 Å². The molecule has 1 atom stereocenters. The van der Waals surface area contributed by atoms with E-state index in [2.05, 4.69) is 0 Å². The van der Waals surface area contributed by atoms with Gasteiger partial charge in [0.05, 0.1) is 6.04 Å². The van der Waals surface area contributed by atoms with Crippen LogP contribution in [0.2, 0.25) is 0 Å². The molecule has 118 valence electrons. The van der Waals surface area contributed by atoms with Crippen molar-refractivity contribution in [1.29, 1.82) is 0 Å². The van der Waals surface area contributed by atoms with Crippen molar-refractivity contribution in [3.05, 3.63) is 23.8 Å². The lowest BCUT2D eigenvalue weighted by atomic mass is 10.1. The van der Waals surface area contributed by atoms with Gasteiger partial charge in [-0.3, -0.25) is 9.59 Å². The summed E-state index contributed by atoms with van der Waals surface area (Å²) >= 11 is 0. The van der Waals surface area contributed by atoms with Gasteiger partial charge in [0.2, 0.25) is 12.7 Å². The summed E-state index contributed by atoms with van der Waals surface area (Å²) in [6, 6.07) is 4.67. The van der Waals surface area contributed by atoms with Gasteiger partial charge in [0.1, 0.15) is 0 Å². The summed E-state index contributed by atoms with van der Waals surface area (Å²) in [6.07, 6.45) is 0. The largest absolute Gasteiger partial charge is 0.454 e. The molecule has 0 unspecified atom stereocenters. The summed E-state index contributed by atoms with van der Waals surface area (Å²) in [6.45, 7) is 3.89. The molecule has 0 spiro atoms. The number of hydrogen-bond donors (Lipinski definition) is 1. The number of hydrogen-bond acceptors (Lipinski definition) is 5. The second-order valence-electron chi connectivity index (χ2n) is 5.47. The van der Waals surface area contributed by atoms with Crippen molar-refractivity contribution < 1.29 is 19.1 Å². The monoisotopic (exact) mass is 305 g/mol. The number of carbonyl (C=O) groups excluding carboxylic acids is 2. The average molecular weight is 305 g/mol. The van der Waals surface area contributed by atoms with Crippen LogP contribution >= 0.6 is 0 Å². The van der Waals surface area contributed by atoms with E-state index in [9.17, 15) is 9.59 Å². The Balaban J connectivity index is 1.64. The number of ether oxygens (including phenoxy) is 2. The predicted molar refractivity (Wildman–Crippen MR) is 78.7 cm³/mol. The molecule has 0 bridgehead atoms. The number of benzene rings is 1. The van der Waals surface area contributed by atoms with Gasteiger partial charge in [-0.2, -0.15) is 0 Å². The van der Waals surface area contributed by atoms with Gasteiger partial charge in [-0.1, -0.05) is 0 Å². The van der Waals surface area contributed by atoms with Gasteiger partial charge in [0.15, 0.2) is 11.5 Å². The molecule has 1 saturated heterocycles. The number of amides is 2. The summed E-state index contributed by atoms with van der Waals surface area (Å²) in [4.78, 5) is 27.8. The molecule has 2 heterocycles. The third-order valence-electron chi connectivity index (χ3n) is 3.89. The highest BCUT2D eigenvalue weighted by atomic mass is 16.7. The minimum atomic E-state index is -0.504. The normalized spacial score (nSPS) is 18.3. The SMILES string of the molecule is C[C@@H](N)C(=O)N1CCN(C(=O)c2ccc3c(c2)OCO3)CC1. The molecule has 7 heteroatoms. The van der Waals surface area contributed by atoms with Crippen LogP contribution in [0.3, 0.4) is 0 Å². The maximum absolute atomic E-state index is 12.5. The fourth-order valence-electron chi connectivity index (χ4n) is 2.63. The van der Waals surface area contributed by atoms with Crippen LogP contribution < -0.4 is 15.2 Å². The highest BCUT2D eigenvalue weighted by Crippen LogP contribution is 2.32. The molecular weight excluding hydrogens is 286 g/mol. The first kappa shape index (κ1) is 14.6. The van der Waals surface area contributed by atoms with Gasteiger partial charge < -0.3 is 25.0 Å². The van der Waals surface area contributed by atoms with E-state index in [-0.39, 0.29) is 18.6 Å². The lowest BCUT2D eigenvalue weighted by Crippen LogP contribution is -2.53. The summed E-state index contributed by atoms with van der Waals surface area (Å²) in [7, 11) is 0. The zero-order valence-corrected chi connectivity index (χ0v) is 12.4. The number of nitrogens with zero attached hydrogens (tertiary/aromatic N) is 2. The van der Waals surface area contributed by atoms with Crippen molar-refractivity contribution in [2.24, 2.45) is 5.73 Å². The lowest BCUT2D eigenvalue weighted by Gasteiger charge is -2.35. The molecule has 0 radical (unpaired) electrons. The molecule has 2 aliphatic rings. The molecule has 2 N–H and O–H groups in total. The molecule has 1 aromatic carbocycles. The van der Waals surface area contributed by atoms with E-state index in [4.69, 9.17) is 15.2 Å². The van der Waals surface area contributed by atoms with Crippen LogP contribution in [0.25, 0.3) is 0 Å². The second-order valence-corrected chi connectivity index (χ2v) is 5.47. The maximum atomic E-state index is 12.5. The lowest BCUT2D eigenvalue weighted by molar-refractivity contribution is -0.133. The van der Waals surface area contributed by atoms with Gasteiger partial charge in [-0.15, -0.1) is 0 Å². The molecule has 0 saturated carbocycles. The average Bonchev–Trinajstić information content (AvgIpc) is 3.01. The van der Waals surface area contributed by atoms with Gasteiger partial charge in [-0.25, -0.2) is 0 Å². The third kappa shape index (κ3) is 2.71. The zero-order chi connectivity index (χ0) is 15.7. The predicted octanol–water partition coefficient (Wildman–Crippen LogP) is 0.0469. The second kappa shape index (κ2) is 5.84. The van der Waals surface area contributed by atoms with Crippen molar-refractivity contribution >= 4 is 11.8 Å². The van der Waals surface area contributed by atoms with Gasteiger partial charge >= 0.3 is 0 Å². The quantitative estimate of drug-likeness (QED) is 0.834.